The maximum Gasteiger partial charge on any atom is 0.337 e. The number of aromatic carboxylic acids is 1. The third-order valence-corrected chi connectivity index (χ3v) is 4.98. The van der Waals surface area contributed by atoms with Gasteiger partial charge in [-0.1, -0.05) is 41.9 Å². The standard InChI is InChI=1S/C24H24ClNO4/c1-3-29-23-12-17(14-26-19-9-10-21(25)20(13-19)24(27)28)8-11-22(23)30-15-18-7-5-4-6-16(18)2/h4-13,26H,3,14-15H2,1-2H3,(H,27,28). The molecular weight excluding hydrogens is 402 g/mol. The average molecular weight is 426 g/mol. The second-order valence-corrected chi connectivity index (χ2v) is 7.19. The van der Waals surface area contributed by atoms with E-state index in [1.807, 2.05) is 43.3 Å². The number of halogens is 1. The Morgan fingerprint density at radius 1 is 1.03 bits per heavy atom. The summed E-state index contributed by atoms with van der Waals surface area (Å²) < 4.78 is 11.8. The summed E-state index contributed by atoms with van der Waals surface area (Å²) in [5.74, 6) is 0.300. The highest BCUT2D eigenvalue weighted by atomic mass is 35.5. The van der Waals surface area contributed by atoms with Crippen molar-refractivity contribution in [1.82, 2.24) is 0 Å². The number of rotatable bonds is 9. The van der Waals surface area contributed by atoms with E-state index in [0.717, 1.165) is 11.1 Å². The lowest BCUT2D eigenvalue weighted by molar-refractivity contribution is 0.0697. The SMILES string of the molecule is CCOc1cc(CNc2ccc(Cl)c(C(=O)O)c2)ccc1OCc1ccccc1C. The molecule has 0 aromatic heterocycles. The number of nitrogens with one attached hydrogen (secondary N) is 1. The Morgan fingerprint density at radius 2 is 1.83 bits per heavy atom. The molecule has 0 aliphatic heterocycles. The van der Waals surface area contributed by atoms with Gasteiger partial charge in [0.15, 0.2) is 11.5 Å². The third kappa shape index (κ3) is 5.45. The molecule has 0 bridgehead atoms. The van der Waals surface area contributed by atoms with Gasteiger partial charge < -0.3 is 19.9 Å². The van der Waals surface area contributed by atoms with Gasteiger partial charge in [-0.05, 0) is 60.9 Å². The van der Waals surface area contributed by atoms with Crippen molar-refractivity contribution in [3.05, 3.63) is 87.9 Å². The van der Waals surface area contributed by atoms with Crippen molar-refractivity contribution in [1.29, 1.82) is 0 Å². The second kappa shape index (κ2) is 10.0. The smallest absolute Gasteiger partial charge is 0.337 e. The Morgan fingerprint density at radius 3 is 2.57 bits per heavy atom. The summed E-state index contributed by atoms with van der Waals surface area (Å²) in [6, 6.07) is 18.7. The van der Waals surface area contributed by atoms with Crippen LogP contribution in [0.15, 0.2) is 60.7 Å². The van der Waals surface area contributed by atoms with Crippen LogP contribution in [0.25, 0.3) is 0 Å². The number of benzene rings is 3. The van der Waals surface area contributed by atoms with Crippen molar-refractivity contribution in [3.63, 3.8) is 0 Å². The van der Waals surface area contributed by atoms with Crippen LogP contribution < -0.4 is 14.8 Å². The molecule has 0 aliphatic rings. The molecule has 0 heterocycles. The van der Waals surface area contributed by atoms with E-state index in [-0.39, 0.29) is 10.6 Å². The van der Waals surface area contributed by atoms with Crippen LogP contribution in [0, 0.1) is 6.92 Å². The number of aryl methyl sites for hydroxylation is 1. The van der Waals surface area contributed by atoms with Gasteiger partial charge >= 0.3 is 5.97 Å². The van der Waals surface area contributed by atoms with E-state index in [1.54, 1.807) is 12.1 Å². The molecule has 30 heavy (non-hydrogen) atoms. The number of carbonyl (C=O) groups is 1. The van der Waals surface area contributed by atoms with Gasteiger partial charge in [0.1, 0.15) is 6.61 Å². The van der Waals surface area contributed by atoms with E-state index in [1.165, 1.54) is 11.6 Å². The molecule has 0 aliphatic carbocycles. The topological polar surface area (TPSA) is 67.8 Å². The summed E-state index contributed by atoms with van der Waals surface area (Å²) in [4.78, 5) is 11.2. The lowest BCUT2D eigenvalue weighted by atomic mass is 10.1. The van der Waals surface area contributed by atoms with E-state index in [0.29, 0.717) is 36.9 Å². The number of hydrogen-bond donors (Lipinski definition) is 2. The zero-order valence-electron chi connectivity index (χ0n) is 16.9. The second-order valence-electron chi connectivity index (χ2n) is 6.78. The highest BCUT2D eigenvalue weighted by molar-refractivity contribution is 6.33. The van der Waals surface area contributed by atoms with Crippen LogP contribution in [-0.4, -0.2) is 17.7 Å². The molecule has 0 amide bonds. The summed E-state index contributed by atoms with van der Waals surface area (Å²) in [5.41, 5.74) is 4.03. The minimum Gasteiger partial charge on any atom is -0.490 e. The summed E-state index contributed by atoms with van der Waals surface area (Å²) in [7, 11) is 0. The van der Waals surface area contributed by atoms with Gasteiger partial charge in [0.25, 0.3) is 0 Å². The van der Waals surface area contributed by atoms with Gasteiger partial charge in [-0.25, -0.2) is 4.79 Å². The van der Waals surface area contributed by atoms with Gasteiger partial charge in [0, 0.05) is 12.2 Å². The maximum absolute atomic E-state index is 11.2. The first kappa shape index (κ1) is 21.5. The Kier molecular flexibility index (Phi) is 7.20. The molecular formula is C24H24ClNO4. The van der Waals surface area contributed by atoms with Crippen LogP contribution in [0.3, 0.4) is 0 Å². The first-order valence-corrected chi connectivity index (χ1v) is 10.1. The van der Waals surface area contributed by atoms with Crippen molar-refractivity contribution >= 4 is 23.3 Å². The molecule has 3 aromatic rings. The van der Waals surface area contributed by atoms with Gasteiger partial charge in [-0.3, -0.25) is 0 Å². The van der Waals surface area contributed by atoms with Crippen molar-refractivity contribution in [2.24, 2.45) is 0 Å². The molecule has 0 spiro atoms. The van der Waals surface area contributed by atoms with E-state index in [4.69, 9.17) is 21.1 Å². The molecule has 0 saturated carbocycles. The molecule has 3 rings (SSSR count). The normalized spacial score (nSPS) is 10.5. The Hall–Kier alpha value is -3.18. The molecule has 3 aromatic carbocycles. The molecule has 6 heteroatoms. The minimum absolute atomic E-state index is 0.0663. The van der Waals surface area contributed by atoms with Gasteiger partial charge in [-0.15, -0.1) is 0 Å². The fraction of sp³-hybridized carbons (Fsp3) is 0.208. The highest BCUT2D eigenvalue weighted by Gasteiger charge is 2.11. The Bertz CT molecular complexity index is 1040. The van der Waals surface area contributed by atoms with Crippen molar-refractivity contribution in [3.8, 4) is 11.5 Å². The molecule has 0 fully saturated rings. The lowest BCUT2D eigenvalue weighted by Crippen LogP contribution is -2.04. The summed E-state index contributed by atoms with van der Waals surface area (Å²) in [6.07, 6.45) is 0. The number of ether oxygens (including phenoxy) is 2. The number of carboxylic acid groups (broad SMARTS) is 1. The molecule has 0 atom stereocenters. The zero-order chi connectivity index (χ0) is 21.5. The van der Waals surface area contributed by atoms with E-state index >= 15 is 0 Å². The molecule has 0 saturated heterocycles. The predicted molar refractivity (Wildman–Crippen MR) is 119 cm³/mol. The largest absolute Gasteiger partial charge is 0.490 e. The van der Waals surface area contributed by atoms with Crippen LogP contribution in [0.2, 0.25) is 5.02 Å². The van der Waals surface area contributed by atoms with Gasteiger partial charge in [0.05, 0.1) is 17.2 Å². The zero-order valence-corrected chi connectivity index (χ0v) is 17.7. The van der Waals surface area contributed by atoms with Crippen LogP contribution in [0.1, 0.15) is 34.0 Å². The van der Waals surface area contributed by atoms with E-state index in [2.05, 4.69) is 18.3 Å². The molecule has 156 valence electrons. The first-order valence-electron chi connectivity index (χ1n) is 9.67. The maximum atomic E-state index is 11.2. The molecule has 0 unspecified atom stereocenters. The van der Waals surface area contributed by atoms with E-state index < -0.39 is 5.97 Å². The average Bonchev–Trinajstić information content (AvgIpc) is 2.73. The lowest BCUT2D eigenvalue weighted by Gasteiger charge is -2.15. The van der Waals surface area contributed by atoms with Gasteiger partial charge in [0.2, 0.25) is 0 Å². The first-order chi connectivity index (χ1) is 14.5. The number of hydrogen-bond acceptors (Lipinski definition) is 4. The Balaban J connectivity index is 1.71. The minimum atomic E-state index is -1.06. The van der Waals surface area contributed by atoms with Gasteiger partial charge in [-0.2, -0.15) is 0 Å². The third-order valence-electron chi connectivity index (χ3n) is 4.65. The van der Waals surface area contributed by atoms with Crippen molar-refractivity contribution in [2.45, 2.75) is 27.0 Å². The summed E-state index contributed by atoms with van der Waals surface area (Å²) in [6.45, 7) is 5.48. The van der Waals surface area contributed by atoms with Crippen LogP contribution in [0.4, 0.5) is 5.69 Å². The van der Waals surface area contributed by atoms with Crippen LogP contribution >= 0.6 is 11.6 Å². The van der Waals surface area contributed by atoms with Crippen molar-refractivity contribution < 1.29 is 19.4 Å². The molecule has 5 nitrogen and oxygen atoms in total. The fourth-order valence-corrected chi connectivity index (χ4v) is 3.18. The quantitative estimate of drug-likeness (QED) is 0.444. The molecule has 0 radical (unpaired) electrons. The Labute approximate surface area is 181 Å². The fourth-order valence-electron chi connectivity index (χ4n) is 2.98. The van der Waals surface area contributed by atoms with Crippen LogP contribution in [-0.2, 0) is 13.2 Å². The number of carboxylic acids is 1. The summed E-state index contributed by atoms with van der Waals surface area (Å²) in [5, 5.41) is 12.6. The predicted octanol–water partition coefficient (Wildman–Crippen LogP) is 5.94. The monoisotopic (exact) mass is 425 g/mol. The highest BCUT2D eigenvalue weighted by Crippen LogP contribution is 2.30. The van der Waals surface area contributed by atoms with Crippen LogP contribution in [0.5, 0.6) is 11.5 Å². The van der Waals surface area contributed by atoms with Crippen molar-refractivity contribution in [2.75, 3.05) is 11.9 Å². The van der Waals surface area contributed by atoms with E-state index in [9.17, 15) is 9.90 Å². The number of anilines is 1. The summed E-state index contributed by atoms with van der Waals surface area (Å²) >= 11 is 5.93. The molecule has 2 N–H and O–H groups in total.